The van der Waals surface area contributed by atoms with Crippen molar-refractivity contribution in [2.75, 3.05) is 0 Å². The van der Waals surface area contributed by atoms with Crippen molar-refractivity contribution in [3.8, 4) is 22.3 Å². The van der Waals surface area contributed by atoms with Crippen molar-refractivity contribution in [1.29, 1.82) is 0 Å². The zero-order chi connectivity index (χ0) is 38.4. The van der Waals surface area contributed by atoms with E-state index in [0.29, 0.717) is 11.8 Å². The van der Waals surface area contributed by atoms with Crippen LogP contribution >= 0.6 is 17.0 Å². The second-order valence-electron chi connectivity index (χ2n) is 14.4. The van der Waals surface area contributed by atoms with E-state index in [-0.39, 0.29) is 0 Å². The molecule has 0 aliphatic carbocycles. The number of hydrogen-bond donors (Lipinski definition) is 0. The minimum absolute atomic E-state index is 0.553. The molecule has 0 N–H and O–H groups in total. The van der Waals surface area contributed by atoms with Crippen LogP contribution in [0.3, 0.4) is 0 Å². The van der Waals surface area contributed by atoms with E-state index < -0.39 is 20.8 Å². The number of rotatable bonds is 4. The fourth-order valence-corrected chi connectivity index (χ4v) is 7.77. The van der Waals surface area contributed by atoms with Crippen molar-refractivity contribution >= 4 is 60.1 Å². The molecule has 0 saturated heterocycles. The van der Waals surface area contributed by atoms with Gasteiger partial charge in [-0.1, -0.05) is 161 Å². The molecule has 0 fully saturated rings. The maximum atomic E-state index is 4.93. The summed E-state index contributed by atoms with van der Waals surface area (Å²) in [6, 6.07) is 44.9. The summed E-state index contributed by atoms with van der Waals surface area (Å²) < 4.78 is 0. The molecule has 0 amide bonds. The van der Waals surface area contributed by atoms with Gasteiger partial charge < -0.3 is 6.92 Å². The summed E-state index contributed by atoms with van der Waals surface area (Å²) in [6.07, 6.45) is 0. The Morgan fingerprint density at radius 1 is 0.472 bits per heavy atom. The predicted octanol–water partition coefficient (Wildman–Crippen LogP) is 16.5. The molecule has 0 radical (unpaired) electrons. The quantitative estimate of drug-likeness (QED) is 0.155. The summed E-state index contributed by atoms with van der Waals surface area (Å²) in [5.41, 5.74) is 13.8. The minimum atomic E-state index is -0.826. The first-order valence-corrected chi connectivity index (χ1v) is 24.9. The molecule has 0 saturated carbocycles. The SMILES string of the molecule is Cc1cc(C)c2[cH-]c(C(C)C)cc2c1-c1cccc2ccccc12.Cc1cc(C)c2[cH-]c(C(C)C)cc2c1-c1cccc2ccccc12.[CH2-]C.[Cl][Zr][Cl]. The molecule has 0 aliphatic heterocycles. The van der Waals surface area contributed by atoms with Gasteiger partial charge in [0.1, 0.15) is 0 Å². The van der Waals surface area contributed by atoms with Crippen LogP contribution in [0.5, 0.6) is 0 Å². The topological polar surface area (TPSA) is 0 Å². The summed E-state index contributed by atoms with van der Waals surface area (Å²) >= 11 is -0.826. The van der Waals surface area contributed by atoms with Gasteiger partial charge in [0.05, 0.1) is 0 Å². The molecule has 3 heteroatoms. The van der Waals surface area contributed by atoms with Crippen molar-refractivity contribution < 1.29 is 20.8 Å². The third-order valence-corrected chi connectivity index (χ3v) is 10.3. The van der Waals surface area contributed by atoms with E-state index in [1.165, 1.54) is 98.7 Å². The van der Waals surface area contributed by atoms with Crippen LogP contribution in [-0.2, 0) is 20.8 Å². The summed E-state index contributed by atoms with van der Waals surface area (Å²) in [5, 5.41) is 10.9. The van der Waals surface area contributed by atoms with E-state index in [1.807, 2.05) is 0 Å². The van der Waals surface area contributed by atoms with Gasteiger partial charge in [-0.2, -0.15) is 19.1 Å². The molecule has 0 aromatic heterocycles. The van der Waals surface area contributed by atoms with Crippen LogP contribution in [-0.4, -0.2) is 0 Å². The van der Waals surface area contributed by atoms with E-state index >= 15 is 0 Å². The van der Waals surface area contributed by atoms with Crippen molar-refractivity contribution in [3.63, 3.8) is 0 Å². The molecule has 8 rings (SSSR count). The zero-order valence-electron chi connectivity index (χ0n) is 32.7. The summed E-state index contributed by atoms with van der Waals surface area (Å²) in [5.74, 6) is 1.11. The second-order valence-corrected chi connectivity index (χ2v) is 18.2. The standard InChI is InChI=1S/2C24H23.C2H5.2ClH.Zr/c2*1-15(2)19-13-22-16(3)12-17(4)24(23(22)14-19)21-11-7-9-18-8-5-6-10-20(18)21;1-2;;;/h2*5-15H,1-4H3;1H2,2H3;2*1H;/q3*-1;;;+2/p-2. The molecule has 8 aromatic rings. The van der Waals surface area contributed by atoms with Gasteiger partial charge in [0.25, 0.3) is 0 Å². The van der Waals surface area contributed by atoms with E-state index in [2.05, 4.69) is 184 Å². The molecule has 0 heterocycles. The Hall–Kier alpha value is -3.48. The summed E-state index contributed by atoms with van der Waals surface area (Å²) in [6.45, 7) is 23.0. The Balaban J connectivity index is 0.000000183. The van der Waals surface area contributed by atoms with Crippen LogP contribution in [0.1, 0.15) is 79.8 Å². The van der Waals surface area contributed by atoms with Gasteiger partial charge in [-0.05, 0) is 58.4 Å². The Kier molecular flexibility index (Phi) is 14.0. The molecule has 8 aromatic carbocycles. The maximum absolute atomic E-state index is 4.93. The van der Waals surface area contributed by atoms with Gasteiger partial charge >= 0.3 is 37.9 Å². The molecule has 0 aliphatic rings. The van der Waals surface area contributed by atoms with Crippen molar-refractivity contribution in [3.05, 3.63) is 162 Å². The average molecular weight is 814 g/mol. The van der Waals surface area contributed by atoms with Gasteiger partial charge in [-0.3, -0.25) is 0 Å². The fourth-order valence-electron chi connectivity index (χ4n) is 7.77. The third kappa shape index (κ3) is 8.60. The van der Waals surface area contributed by atoms with E-state index in [4.69, 9.17) is 17.0 Å². The zero-order valence-corrected chi connectivity index (χ0v) is 36.6. The van der Waals surface area contributed by atoms with E-state index in [9.17, 15) is 0 Å². The van der Waals surface area contributed by atoms with Crippen LogP contribution in [0.4, 0.5) is 0 Å². The summed E-state index contributed by atoms with van der Waals surface area (Å²) in [7, 11) is 9.87. The molecule has 0 unspecified atom stereocenters. The Bertz CT molecular complexity index is 2290. The molecule has 272 valence electrons. The van der Waals surface area contributed by atoms with Crippen molar-refractivity contribution in [2.45, 2.75) is 74.1 Å². The van der Waals surface area contributed by atoms with Crippen LogP contribution in [0.15, 0.2) is 121 Å². The molecular formula is C50H51Cl2Zr-3. The fraction of sp³-hybridized carbons (Fsp3) is 0.220. The van der Waals surface area contributed by atoms with Gasteiger partial charge in [0.2, 0.25) is 0 Å². The number of fused-ring (bicyclic) bond motifs is 4. The molecule has 53 heavy (non-hydrogen) atoms. The Morgan fingerprint density at radius 2 is 0.811 bits per heavy atom. The van der Waals surface area contributed by atoms with Crippen LogP contribution in [0.2, 0.25) is 0 Å². The molecular weight excluding hydrogens is 763 g/mol. The average Bonchev–Trinajstić information content (AvgIpc) is 3.81. The van der Waals surface area contributed by atoms with E-state index in [1.54, 1.807) is 6.92 Å². The number of hydrogen-bond acceptors (Lipinski definition) is 0. The van der Waals surface area contributed by atoms with Gasteiger partial charge in [0.15, 0.2) is 0 Å². The van der Waals surface area contributed by atoms with E-state index in [0.717, 1.165) is 0 Å². The third-order valence-electron chi connectivity index (χ3n) is 10.3. The first kappa shape index (κ1) is 40.7. The van der Waals surface area contributed by atoms with Gasteiger partial charge in [-0.15, -0.1) is 55.9 Å². The molecule has 0 nitrogen and oxygen atoms in total. The van der Waals surface area contributed by atoms with Gasteiger partial charge in [0, 0.05) is 0 Å². The second kappa shape index (κ2) is 18.2. The molecule has 0 atom stereocenters. The number of benzene rings is 6. The van der Waals surface area contributed by atoms with Gasteiger partial charge in [-0.25, -0.2) is 0 Å². The number of aryl methyl sites for hydroxylation is 4. The first-order valence-electron chi connectivity index (χ1n) is 18.6. The van der Waals surface area contributed by atoms with Crippen LogP contribution in [0, 0.1) is 34.6 Å². The monoisotopic (exact) mass is 811 g/mol. The molecule has 0 bridgehead atoms. The van der Waals surface area contributed by atoms with Crippen LogP contribution < -0.4 is 0 Å². The number of halogens is 2. The Morgan fingerprint density at radius 3 is 1.17 bits per heavy atom. The molecule has 0 spiro atoms. The normalized spacial score (nSPS) is 11.0. The van der Waals surface area contributed by atoms with Crippen molar-refractivity contribution in [1.82, 2.24) is 0 Å². The first-order chi connectivity index (χ1) is 25.5. The summed E-state index contributed by atoms with van der Waals surface area (Å²) in [4.78, 5) is 0. The van der Waals surface area contributed by atoms with Crippen LogP contribution in [0.25, 0.3) is 65.3 Å². The Labute approximate surface area is 336 Å². The van der Waals surface area contributed by atoms with Crippen molar-refractivity contribution in [2.24, 2.45) is 0 Å². The predicted molar refractivity (Wildman–Crippen MR) is 235 cm³/mol.